The average molecular weight is 561 g/mol. The predicted molar refractivity (Wildman–Crippen MR) is 138 cm³/mol. The normalized spacial score (nSPS) is 14.2. The molecule has 0 unspecified atom stereocenters. The van der Waals surface area contributed by atoms with Crippen LogP contribution < -0.4 is 5.32 Å². The Kier molecular flexibility index (Phi) is 7.42. The maximum absolute atomic E-state index is 15.2. The standard InChI is InChI=1S/C28H22ClF5N4O/c29-25-12-18(7-9-35-25)15-36-27(39)38-23-8-11-37(10-1-2-17-3-5-20(30)6-4-17)16-21(23)26-22(31)13-19(14-24(26)38)28(32,33)34/h1-7,9,12-14H,8,10-11,15-16H2,(H,36,39)/b2-1+. The zero-order valence-corrected chi connectivity index (χ0v) is 21.2. The fourth-order valence-electron chi connectivity index (χ4n) is 4.76. The minimum atomic E-state index is -4.79. The fourth-order valence-corrected chi connectivity index (χ4v) is 4.96. The van der Waals surface area contributed by atoms with Crippen LogP contribution >= 0.6 is 11.6 Å². The van der Waals surface area contributed by atoms with Crippen molar-refractivity contribution >= 4 is 34.6 Å². The zero-order valence-electron chi connectivity index (χ0n) is 20.4. The highest BCUT2D eigenvalue weighted by molar-refractivity contribution is 6.29. The molecule has 0 fully saturated rings. The number of pyridine rings is 1. The summed E-state index contributed by atoms with van der Waals surface area (Å²) in [5.74, 6) is -1.37. The van der Waals surface area contributed by atoms with Gasteiger partial charge in [-0.15, -0.1) is 0 Å². The molecule has 1 aliphatic rings. The van der Waals surface area contributed by atoms with Crippen LogP contribution in [0.15, 0.2) is 60.8 Å². The number of rotatable bonds is 5. The molecule has 2 aromatic carbocycles. The molecular formula is C28H22ClF5N4O. The van der Waals surface area contributed by atoms with E-state index in [1.54, 1.807) is 24.3 Å². The fraction of sp³-hybridized carbons (Fsp3) is 0.214. The lowest BCUT2D eigenvalue weighted by molar-refractivity contribution is -0.137. The van der Waals surface area contributed by atoms with Crippen molar-refractivity contribution < 1.29 is 26.7 Å². The molecule has 0 saturated heterocycles. The van der Waals surface area contributed by atoms with Crippen molar-refractivity contribution in [2.24, 2.45) is 0 Å². The summed E-state index contributed by atoms with van der Waals surface area (Å²) in [6.07, 6.45) is 0.714. The summed E-state index contributed by atoms with van der Waals surface area (Å²) >= 11 is 5.90. The van der Waals surface area contributed by atoms with Gasteiger partial charge in [-0.1, -0.05) is 35.9 Å². The number of amides is 1. The Morgan fingerprint density at radius 1 is 1.10 bits per heavy atom. The molecule has 2 aromatic heterocycles. The van der Waals surface area contributed by atoms with E-state index < -0.39 is 23.6 Å². The minimum absolute atomic E-state index is 0.00711. The molecule has 11 heteroatoms. The van der Waals surface area contributed by atoms with Gasteiger partial charge in [0, 0.05) is 49.9 Å². The molecule has 39 heavy (non-hydrogen) atoms. The van der Waals surface area contributed by atoms with Crippen molar-refractivity contribution in [1.29, 1.82) is 0 Å². The highest BCUT2D eigenvalue weighted by Gasteiger charge is 2.35. The van der Waals surface area contributed by atoms with Crippen LogP contribution in [0, 0.1) is 11.6 Å². The average Bonchev–Trinajstić information content (AvgIpc) is 3.22. The van der Waals surface area contributed by atoms with Crippen LogP contribution in [-0.2, 0) is 25.7 Å². The van der Waals surface area contributed by atoms with E-state index in [2.05, 4.69) is 10.3 Å². The monoisotopic (exact) mass is 560 g/mol. The lowest BCUT2D eigenvalue weighted by Crippen LogP contribution is -2.34. The van der Waals surface area contributed by atoms with E-state index in [4.69, 9.17) is 11.6 Å². The summed E-state index contributed by atoms with van der Waals surface area (Å²) in [5, 5.41) is 2.92. The first-order valence-corrected chi connectivity index (χ1v) is 12.4. The Balaban J connectivity index is 1.47. The van der Waals surface area contributed by atoms with E-state index in [1.165, 1.54) is 18.3 Å². The lowest BCUT2D eigenvalue weighted by Gasteiger charge is -2.27. The molecule has 202 valence electrons. The van der Waals surface area contributed by atoms with Crippen molar-refractivity contribution in [3.63, 3.8) is 0 Å². The van der Waals surface area contributed by atoms with Gasteiger partial charge in [-0.3, -0.25) is 9.47 Å². The number of hydrogen-bond acceptors (Lipinski definition) is 3. The molecule has 5 rings (SSSR count). The van der Waals surface area contributed by atoms with E-state index in [0.29, 0.717) is 42.4 Å². The summed E-state index contributed by atoms with van der Waals surface area (Å²) in [4.78, 5) is 19.2. The quantitative estimate of drug-likeness (QED) is 0.215. The first-order valence-electron chi connectivity index (χ1n) is 12.1. The van der Waals surface area contributed by atoms with E-state index in [0.717, 1.165) is 16.2 Å². The van der Waals surface area contributed by atoms with Gasteiger partial charge in [0.25, 0.3) is 0 Å². The second-order valence-electron chi connectivity index (χ2n) is 9.20. The second kappa shape index (κ2) is 10.8. The molecule has 0 spiro atoms. The van der Waals surface area contributed by atoms with Crippen molar-refractivity contribution in [2.75, 3.05) is 13.1 Å². The molecule has 0 aliphatic carbocycles. The number of halogens is 6. The van der Waals surface area contributed by atoms with Gasteiger partial charge in [0.2, 0.25) is 0 Å². The smallest absolute Gasteiger partial charge is 0.333 e. The van der Waals surface area contributed by atoms with Crippen LogP contribution in [0.1, 0.15) is 27.9 Å². The number of carbonyl (C=O) groups is 1. The molecule has 0 saturated carbocycles. The van der Waals surface area contributed by atoms with Gasteiger partial charge in [-0.2, -0.15) is 13.2 Å². The van der Waals surface area contributed by atoms with Crippen LogP contribution in [0.3, 0.4) is 0 Å². The molecule has 4 aromatic rings. The van der Waals surface area contributed by atoms with Crippen molar-refractivity contribution in [1.82, 2.24) is 19.8 Å². The molecular weight excluding hydrogens is 539 g/mol. The summed E-state index contributed by atoms with van der Waals surface area (Å²) < 4.78 is 70.2. The van der Waals surface area contributed by atoms with E-state index in [9.17, 15) is 22.4 Å². The third-order valence-electron chi connectivity index (χ3n) is 6.59. The Hall–Kier alpha value is -3.76. The number of fused-ring (bicyclic) bond motifs is 3. The number of nitrogens with one attached hydrogen (secondary N) is 1. The zero-order chi connectivity index (χ0) is 27.7. The highest BCUT2D eigenvalue weighted by Crippen LogP contribution is 2.38. The van der Waals surface area contributed by atoms with E-state index >= 15 is 4.39 Å². The Morgan fingerprint density at radius 2 is 1.87 bits per heavy atom. The van der Waals surface area contributed by atoms with Gasteiger partial charge in [0.1, 0.15) is 16.8 Å². The maximum Gasteiger partial charge on any atom is 0.416 e. The van der Waals surface area contributed by atoms with Crippen molar-refractivity contribution in [3.8, 4) is 0 Å². The maximum atomic E-state index is 15.2. The largest absolute Gasteiger partial charge is 0.416 e. The van der Waals surface area contributed by atoms with Gasteiger partial charge in [0.05, 0.1) is 11.1 Å². The molecule has 1 amide bonds. The summed E-state index contributed by atoms with van der Waals surface area (Å²) in [6, 6.07) is 9.81. The summed E-state index contributed by atoms with van der Waals surface area (Å²) in [6.45, 7) is 1.26. The minimum Gasteiger partial charge on any atom is -0.333 e. The first-order chi connectivity index (χ1) is 18.6. The van der Waals surface area contributed by atoms with Crippen LogP contribution in [0.25, 0.3) is 17.0 Å². The Labute approximate surface area is 225 Å². The molecule has 3 heterocycles. The van der Waals surface area contributed by atoms with Gasteiger partial charge in [-0.25, -0.2) is 18.6 Å². The topological polar surface area (TPSA) is 50.2 Å². The molecule has 1 aliphatic heterocycles. The number of nitrogens with zero attached hydrogens (tertiary/aromatic N) is 3. The predicted octanol–water partition coefficient (Wildman–Crippen LogP) is 6.82. The van der Waals surface area contributed by atoms with Crippen LogP contribution in [-0.4, -0.2) is 33.6 Å². The molecule has 5 nitrogen and oxygen atoms in total. The summed E-state index contributed by atoms with van der Waals surface area (Å²) in [5.41, 5.74) is 1.09. The van der Waals surface area contributed by atoms with Crippen molar-refractivity contribution in [2.45, 2.75) is 25.7 Å². The molecule has 0 bridgehead atoms. The first kappa shape index (κ1) is 26.8. The van der Waals surface area contributed by atoms with Crippen LogP contribution in [0.2, 0.25) is 5.15 Å². The SMILES string of the molecule is O=C(NCc1ccnc(Cl)c1)n1c2c(c3c(F)cc(C(F)(F)F)cc31)CN(C/C=C/c1ccc(F)cc1)CC2. The number of carbonyl (C=O) groups excluding carboxylic acids is 1. The Morgan fingerprint density at radius 3 is 2.59 bits per heavy atom. The van der Waals surface area contributed by atoms with E-state index in [1.807, 2.05) is 17.1 Å². The Bertz CT molecular complexity index is 1560. The van der Waals surface area contributed by atoms with Crippen LogP contribution in [0.4, 0.5) is 26.7 Å². The summed E-state index contributed by atoms with van der Waals surface area (Å²) in [7, 11) is 0. The third kappa shape index (κ3) is 5.81. The second-order valence-corrected chi connectivity index (χ2v) is 9.58. The number of hydrogen-bond donors (Lipinski definition) is 1. The highest BCUT2D eigenvalue weighted by atomic mass is 35.5. The van der Waals surface area contributed by atoms with Crippen LogP contribution in [0.5, 0.6) is 0 Å². The number of alkyl halides is 3. The van der Waals surface area contributed by atoms with Crippen molar-refractivity contribution in [3.05, 3.63) is 106 Å². The third-order valence-corrected chi connectivity index (χ3v) is 6.79. The molecule has 0 atom stereocenters. The number of benzene rings is 2. The molecule has 0 radical (unpaired) electrons. The van der Waals surface area contributed by atoms with E-state index in [-0.39, 0.29) is 35.0 Å². The van der Waals surface area contributed by atoms with Gasteiger partial charge in [-0.05, 0) is 53.1 Å². The van der Waals surface area contributed by atoms with Gasteiger partial charge in [0.15, 0.2) is 0 Å². The van der Waals surface area contributed by atoms with Gasteiger partial charge < -0.3 is 5.32 Å². The van der Waals surface area contributed by atoms with Gasteiger partial charge >= 0.3 is 12.2 Å². The number of aromatic nitrogens is 2. The molecule has 1 N–H and O–H groups in total. The lowest BCUT2D eigenvalue weighted by atomic mass is 10.0.